The van der Waals surface area contributed by atoms with Crippen molar-refractivity contribution in [3.63, 3.8) is 0 Å². The summed E-state index contributed by atoms with van der Waals surface area (Å²) < 4.78 is 10.2. The Labute approximate surface area is 203 Å². The number of methoxy groups -OCH3 is 1. The van der Waals surface area contributed by atoms with Gasteiger partial charge >= 0.3 is 11.9 Å². The Bertz CT molecular complexity index is 1060. The molecule has 4 fully saturated rings. The van der Waals surface area contributed by atoms with Crippen molar-refractivity contribution in [1.29, 1.82) is 0 Å². The molecule has 6 rings (SSSR count). The molecule has 0 radical (unpaired) electrons. The maximum Gasteiger partial charge on any atom is 0.344 e. The molecule has 0 atom stereocenters. The molecule has 0 aromatic heterocycles. The summed E-state index contributed by atoms with van der Waals surface area (Å²) in [5.41, 5.74) is 0.775. The van der Waals surface area contributed by atoms with Gasteiger partial charge in [-0.15, -0.1) is 11.8 Å². The number of rotatable bonds is 7. The topological polar surface area (TPSA) is 81.7 Å². The van der Waals surface area contributed by atoms with E-state index in [1.54, 1.807) is 36.4 Å². The van der Waals surface area contributed by atoms with E-state index in [1.807, 2.05) is 12.1 Å². The molecular formula is C27H29NO5S. The molecule has 4 aliphatic rings. The van der Waals surface area contributed by atoms with E-state index in [2.05, 4.69) is 10.1 Å². The summed E-state index contributed by atoms with van der Waals surface area (Å²) in [6.45, 7) is 0. The van der Waals surface area contributed by atoms with Gasteiger partial charge in [-0.05, 0) is 92.7 Å². The Balaban J connectivity index is 1.20. The van der Waals surface area contributed by atoms with Crippen molar-refractivity contribution < 1.29 is 23.9 Å². The summed E-state index contributed by atoms with van der Waals surface area (Å²) in [6.07, 6.45) is 7.37. The second-order valence-electron chi connectivity index (χ2n) is 9.94. The number of carbonyl (C=O) groups is 3. The van der Waals surface area contributed by atoms with Gasteiger partial charge in [-0.1, -0.05) is 12.1 Å². The van der Waals surface area contributed by atoms with Crippen molar-refractivity contribution in [3.8, 4) is 5.75 Å². The number of hydrogen-bond acceptors (Lipinski definition) is 6. The maximum absolute atomic E-state index is 12.9. The number of thioether (sulfide) groups is 1. The second-order valence-corrected chi connectivity index (χ2v) is 11.0. The highest BCUT2D eigenvalue weighted by Crippen LogP contribution is 2.55. The maximum atomic E-state index is 12.9. The fraction of sp³-hybridized carbons (Fsp3) is 0.444. The lowest BCUT2D eigenvalue weighted by Gasteiger charge is -2.56. The van der Waals surface area contributed by atoms with Gasteiger partial charge in [0, 0.05) is 10.4 Å². The normalized spacial score (nSPS) is 26.7. The Morgan fingerprint density at radius 1 is 0.912 bits per heavy atom. The molecule has 1 amide bonds. The van der Waals surface area contributed by atoms with Gasteiger partial charge in [0.1, 0.15) is 5.75 Å². The number of benzene rings is 2. The molecule has 2 aromatic rings. The summed E-state index contributed by atoms with van der Waals surface area (Å²) in [5, 5.41) is 3.39. The van der Waals surface area contributed by atoms with Gasteiger partial charge in [-0.3, -0.25) is 4.79 Å². The minimum atomic E-state index is -0.504. The number of esters is 2. The van der Waals surface area contributed by atoms with Crippen LogP contribution in [0.2, 0.25) is 0 Å². The molecule has 34 heavy (non-hydrogen) atoms. The predicted molar refractivity (Wildman–Crippen MR) is 129 cm³/mol. The summed E-state index contributed by atoms with van der Waals surface area (Å²) >= 11 is 1.36. The van der Waals surface area contributed by atoms with E-state index in [9.17, 15) is 14.4 Å². The van der Waals surface area contributed by atoms with Gasteiger partial charge in [-0.25, -0.2) is 9.59 Å². The van der Waals surface area contributed by atoms with E-state index in [-0.39, 0.29) is 17.2 Å². The number of amides is 1. The molecule has 178 valence electrons. The quantitative estimate of drug-likeness (QED) is 0.347. The van der Waals surface area contributed by atoms with Gasteiger partial charge in [-0.2, -0.15) is 0 Å². The SMILES string of the molecule is COC(=O)c1ccc(OC(=O)c2ccccc2SCC(=O)NC23CC4CC(CC(C4)C2)C3)cc1. The first-order chi connectivity index (χ1) is 16.4. The number of nitrogens with one attached hydrogen (secondary N) is 1. The molecule has 0 spiro atoms. The second kappa shape index (κ2) is 9.45. The van der Waals surface area contributed by atoms with Crippen molar-refractivity contribution in [1.82, 2.24) is 5.32 Å². The predicted octanol–water partition coefficient (Wildman–Crippen LogP) is 4.87. The van der Waals surface area contributed by atoms with Crippen LogP contribution in [0.1, 0.15) is 59.2 Å². The summed E-state index contributed by atoms with van der Waals surface area (Å²) in [6, 6.07) is 13.4. The molecule has 0 unspecified atom stereocenters. The summed E-state index contributed by atoms with van der Waals surface area (Å²) in [4.78, 5) is 38.0. The lowest BCUT2D eigenvalue weighted by molar-refractivity contribution is -0.124. The smallest absolute Gasteiger partial charge is 0.344 e. The average Bonchev–Trinajstić information content (AvgIpc) is 2.81. The van der Waals surface area contributed by atoms with Crippen LogP contribution in [-0.2, 0) is 9.53 Å². The van der Waals surface area contributed by atoms with Crippen molar-refractivity contribution in [3.05, 3.63) is 59.7 Å². The van der Waals surface area contributed by atoms with Crippen LogP contribution in [0.3, 0.4) is 0 Å². The van der Waals surface area contributed by atoms with Crippen LogP contribution in [0, 0.1) is 17.8 Å². The van der Waals surface area contributed by atoms with E-state index >= 15 is 0 Å². The zero-order chi connectivity index (χ0) is 23.7. The third-order valence-corrected chi connectivity index (χ3v) is 8.47. The Morgan fingerprint density at radius 2 is 1.53 bits per heavy atom. The monoisotopic (exact) mass is 479 g/mol. The largest absolute Gasteiger partial charge is 0.465 e. The summed E-state index contributed by atoms with van der Waals surface area (Å²) in [5.74, 6) is 2.00. The molecule has 4 saturated carbocycles. The first-order valence-electron chi connectivity index (χ1n) is 11.9. The molecule has 2 aromatic carbocycles. The van der Waals surface area contributed by atoms with E-state index in [4.69, 9.17) is 4.74 Å². The highest BCUT2D eigenvalue weighted by Gasteiger charge is 2.51. The summed E-state index contributed by atoms with van der Waals surface area (Å²) in [7, 11) is 1.31. The first kappa shape index (κ1) is 23.0. The van der Waals surface area contributed by atoms with E-state index in [1.165, 1.54) is 38.1 Å². The van der Waals surface area contributed by atoms with E-state index < -0.39 is 11.9 Å². The minimum absolute atomic E-state index is 0.0127. The van der Waals surface area contributed by atoms with Gasteiger partial charge in [0.05, 0.1) is 24.0 Å². The van der Waals surface area contributed by atoms with Crippen molar-refractivity contribution in [2.45, 2.75) is 49.0 Å². The molecule has 7 heteroatoms. The average molecular weight is 480 g/mol. The van der Waals surface area contributed by atoms with Crippen LogP contribution in [0.15, 0.2) is 53.4 Å². The standard InChI is InChI=1S/C27H29NO5S/c1-32-25(30)20-6-8-21(9-7-20)33-26(31)22-4-2-3-5-23(22)34-16-24(29)28-27-13-17-10-18(14-27)12-19(11-17)15-27/h2-9,17-19H,10-16H2,1H3,(H,28,29). The molecule has 4 bridgehead atoms. The van der Waals surface area contributed by atoms with Gasteiger partial charge in [0.15, 0.2) is 0 Å². The van der Waals surface area contributed by atoms with Crippen LogP contribution in [0.4, 0.5) is 0 Å². The van der Waals surface area contributed by atoms with Crippen molar-refractivity contribution in [2.24, 2.45) is 17.8 Å². The third-order valence-electron chi connectivity index (χ3n) is 7.39. The molecule has 0 heterocycles. The van der Waals surface area contributed by atoms with E-state index in [0.29, 0.717) is 21.8 Å². The molecule has 0 aliphatic heterocycles. The zero-order valence-corrected chi connectivity index (χ0v) is 20.1. The molecular weight excluding hydrogens is 450 g/mol. The number of carbonyl (C=O) groups excluding carboxylic acids is 3. The van der Waals surface area contributed by atoms with Gasteiger partial charge < -0.3 is 14.8 Å². The number of ether oxygens (including phenoxy) is 2. The third kappa shape index (κ3) is 4.85. The van der Waals surface area contributed by atoms with Gasteiger partial charge in [0.25, 0.3) is 0 Å². The molecule has 1 N–H and O–H groups in total. The highest BCUT2D eigenvalue weighted by atomic mass is 32.2. The first-order valence-corrected chi connectivity index (χ1v) is 12.8. The van der Waals surface area contributed by atoms with Crippen LogP contribution in [-0.4, -0.2) is 36.2 Å². The van der Waals surface area contributed by atoms with Crippen LogP contribution in [0.5, 0.6) is 5.75 Å². The Kier molecular flexibility index (Phi) is 6.38. The van der Waals surface area contributed by atoms with Crippen LogP contribution < -0.4 is 10.1 Å². The fourth-order valence-electron chi connectivity index (χ4n) is 6.44. The Morgan fingerprint density at radius 3 is 2.15 bits per heavy atom. The zero-order valence-electron chi connectivity index (χ0n) is 19.3. The van der Waals surface area contributed by atoms with Crippen molar-refractivity contribution in [2.75, 3.05) is 12.9 Å². The molecule has 0 saturated heterocycles. The van der Waals surface area contributed by atoms with Gasteiger partial charge in [0.2, 0.25) is 5.91 Å². The highest BCUT2D eigenvalue weighted by molar-refractivity contribution is 8.00. The van der Waals surface area contributed by atoms with Crippen molar-refractivity contribution >= 4 is 29.6 Å². The molecule has 4 aliphatic carbocycles. The lowest BCUT2D eigenvalue weighted by atomic mass is 9.53. The Hall–Kier alpha value is -2.80. The van der Waals surface area contributed by atoms with Crippen LogP contribution >= 0.6 is 11.8 Å². The van der Waals surface area contributed by atoms with E-state index in [0.717, 1.165) is 37.0 Å². The molecule has 6 nitrogen and oxygen atoms in total. The number of hydrogen-bond donors (Lipinski definition) is 1. The lowest BCUT2D eigenvalue weighted by Crippen LogP contribution is -2.60. The fourth-order valence-corrected chi connectivity index (χ4v) is 7.28. The van der Waals surface area contributed by atoms with Crippen LogP contribution in [0.25, 0.3) is 0 Å². The minimum Gasteiger partial charge on any atom is -0.465 e.